The molecule has 126 valence electrons. The van der Waals surface area contributed by atoms with Crippen LogP contribution in [0.15, 0.2) is 33.5 Å². The van der Waals surface area contributed by atoms with E-state index in [2.05, 4.69) is 20.1 Å². The third-order valence-electron chi connectivity index (χ3n) is 4.72. The van der Waals surface area contributed by atoms with Gasteiger partial charge in [-0.1, -0.05) is 19.1 Å². The van der Waals surface area contributed by atoms with Crippen LogP contribution in [0.2, 0.25) is 0 Å². The van der Waals surface area contributed by atoms with Crippen molar-refractivity contribution in [2.24, 2.45) is 0 Å². The zero-order valence-electron chi connectivity index (χ0n) is 13.7. The zero-order chi connectivity index (χ0) is 16.5. The topological polar surface area (TPSA) is 80.0 Å². The van der Waals surface area contributed by atoms with Crippen molar-refractivity contribution in [3.8, 4) is 0 Å². The number of aromatic nitrogens is 4. The van der Waals surface area contributed by atoms with E-state index in [1.807, 2.05) is 35.8 Å². The Balaban J connectivity index is 1.45. The molecule has 1 fully saturated rings. The highest BCUT2D eigenvalue weighted by atomic mass is 16.4. The van der Waals surface area contributed by atoms with E-state index in [0.29, 0.717) is 18.3 Å². The van der Waals surface area contributed by atoms with Crippen LogP contribution < -0.4 is 5.69 Å². The number of aromatic amines is 1. The van der Waals surface area contributed by atoms with Crippen LogP contribution in [0.1, 0.15) is 37.6 Å². The fourth-order valence-corrected chi connectivity index (χ4v) is 3.46. The number of aryl methyl sites for hydroxylation is 1. The van der Waals surface area contributed by atoms with Crippen molar-refractivity contribution in [1.82, 2.24) is 24.6 Å². The van der Waals surface area contributed by atoms with Crippen LogP contribution in [0, 0.1) is 0 Å². The molecule has 4 rings (SSSR count). The van der Waals surface area contributed by atoms with Crippen LogP contribution in [0.3, 0.4) is 0 Å². The predicted octanol–water partition coefficient (Wildman–Crippen LogP) is 2.11. The van der Waals surface area contributed by atoms with Gasteiger partial charge >= 0.3 is 5.69 Å². The molecule has 0 atom stereocenters. The Morgan fingerprint density at radius 3 is 2.71 bits per heavy atom. The number of piperidine rings is 1. The first-order chi connectivity index (χ1) is 11.7. The van der Waals surface area contributed by atoms with E-state index in [-0.39, 0.29) is 11.7 Å². The van der Waals surface area contributed by atoms with Gasteiger partial charge in [0.15, 0.2) is 0 Å². The van der Waals surface area contributed by atoms with E-state index in [9.17, 15) is 4.79 Å². The molecule has 0 bridgehead atoms. The van der Waals surface area contributed by atoms with Gasteiger partial charge in [0.1, 0.15) is 0 Å². The summed E-state index contributed by atoms with van der Waals surface area (Å²) in [5.41, 5.74) is 1.88. The molecular formula is C17H21N5O2. The van der Waals surface area contributed by atoms with E-state index in [1.165, 1.54) is 0 Å². The second-order valence-electron chi connectivity index (χ2n) is 6.27. The number of hydrogen-bond acceptors (Lipinski definition) is 5. The molecule has 1 aliphatic heterocycles. The van der Waals surface area contributed by atoms with Gasteiger partial charge in [0.2, 0.25) is 11.8 Å². The van der Waals surface area contributed by atoms with Crippen LogP contribution in [-0.2, 0) is 13.0 Å². The molecule has 0 aliphatic carbocycles. The summed E-state index contributed by atoms with van der Waals surface area (Å²) in [4.78, 5) is 17.6. The average Bonchev–Trinajstić information content (AvgIpc) is 3.19. The maximum atomic E-state index is 12.3. The lowest BCUT2D eigenvalue weighted by Gasteiger charge is -2.31. The molecule has 0 radical (unpaired) electrons. The molecule has 0 amide bonds. The molecule has 0 saturated carbocycles. The van der Waals surface area contributed by atoms with Gasteiger partial charge in [-0.15, -0.1) is 10.2 Å². The Morgan fingerprint density at radius 2 is 1.96 bits per heavy atom. The first-order valence-corrected chi connectivity index (χ1v) is 8.47. The normalized spacial score (nSPS) is 16.9. The van der Waals surface area contributed by atoms with Crippen molar-refractivity contribution < 1.29 is 4.42 Å². The number of fused-ring (bicyclic) bond motifs is 1. The Hall–Kier alpha value is -2.41. The predicted molar refractivity (Wildman–Crippen MR) is 89.8 cm³/mol. The summed E-state index contributed by atoms with van der Waals surface area (Å²) < 4.78 is 7.50. The standard InChI is InChI=1S/C17H21N5O2/c1-2-15-19-20-16(24-15)11-21-9-7-12(8-10-21)22-14-6-4-3-5-13(14)18-17(22)23/h3-6,12H,2,7-11H2,1H3,(H,18,23). The van der Waals surface area contributed by atoms with E-state index in [4.69, 9.17) is 4.42 Å². The second kappa shape index (κ2) is 6.24. The zero-order valence-corrected chi connectivity index (χ0v) is 13.7. The summed E-state index contributed by atoms with van der Waals surface area (Å²) in [5, 5.41) is 8.10. The smallest absolute Gasteiger partial charge is 0.326 e. The van der Waals surface area contributed by atoms with E-state index < -0.39 is 0 Å². The Morgan fingerprint density at radius 1 is 1.21 bits per heavy atom. The van der Waals surface area contributed by atoms with Crippen LogP contribution >= 0.6 is 0 Å². The Labute approximate surface area is 139 Å². The molecule has 1 aromatic carbocycles. The number of hydrogen-bond donors (Lipinski definition) is 1. The Kier molecular flexibility index (Phi) is 3.93. The summed E-state index contributed by atoms with van der Waals surface area (Å²) in [6, 6.07) is 8.11. The molecule has 1 saturated heterocycles. The average molecular weight is 327 g/mol. The quantitative estimate of drug-likeness (QED) is 0.794. The number of nitrogens with one attached hydrogen (secondary N) is 1. The number of rotatable bonds is 4. The summed E-state index contributed by atoms with van der Waals surface area (Å²) >= 11 is 0. The van der Waals surface area contributed by atoms with Crippen molar-refractivity contribution in [2.45, 2.75) is 38.8 Å². The summed E-state index contributed by atoms with van der Waals surface area (Å²) in [6.07, 6.45) is 2.64. The third-order valence-corrected chi connectivity index (χ3v) is 4.72. The summed E-state index contributed by atoms with van der Waals surface area (Å²) in [7, 11) is 0. The molecule has 2 aromatic heterocycles. The lowest BCUT2D eigenvalue weighted by Crippen LogP contribution is -2.36. The van der Waals surface area contributed by atoms with Crippen molar-refractivity contribution >= 4 is 11.0 Å². The van der Waals surface area contributed by atoms with Crippen LogP contribution in [-0.4, -0.2) is 37.7 Å². The second-order valence-corrected chi connectivity index (χ2v) is 6.27. The summed E-state index contributed by atoms with van der Waals surface area (Å²) in [6.45, 7) is 4.52. The van der Waals surface area contributed by atoms with Crippen LogP contribution in [0.25, 0.3) is 11.0 Å². The van der Waals surface area contributed by atoms with Gasteiger partial charge in [0, 0.05) is 25.6 Å². The minimum atomic E-state index is -0.0147. The summed E-state index contributed by atoms with van der Waals surface area (Å²) in [5.74, 6) is 1.36. The number of imidazole rings is 1. The van der Waals surface area contributed by atoms with Gasteiger partial charge < -0.3 is 9.40 Å². The molecule has 0 spiro atoms. The molecule has 7 nitrogen and oxygen atoms in total. The minimum absolute atomic E-state index is 0.0147. The highest BCUT2D eigenvalue weighted by molar-refractivity contribution is 5.75. The Bertz CT molecular complexity index is 886. The first kappa shape index (κ1) is 15.1. The first-order valence-electron chi connectivity index (χ1n) is 8.47. The lowest BCUT2D eigenvalue weighted by atomic mass is 10.0. The third kappa shape index (κ3) is 2.75. The van der Waals surface area contributed by atoms with Gasteiger partial charge in [0.25, 0.3) is 0 Å². The van der Waals surface area contributed by atoms with Crippen molar-refractivity contribution in [1.29, 1.82) is 0 Å². The number of likely N-dealkylation sites (tertiary alicyclic amines) is 1. The molecular weight excluding hydrogens is 306 g/mol. The SMILES string of the molecule is CCc1nnc(CN2CCC(n3c(=O)[nH]c4ccccc43)CC2)o1. The largest absolute Gasteiger partial charge is 0.424 e. The maximum absolute atomic E-state index is 12.3. The van der Waals surface area contributed by atoms with Crippen molar-refractivity contribution in [3.63, 3.8) is 0 Å². The molecule has 1 N–H and O–H groups in total. The maximum Gasteiger partial charge on any atom is 0.326 e. The lowest BCUT2D eigenvalue weighted by molar-refractivity contribution is 0.165. The van der Waals surface area contributed by atoms with E-state index >= 15 is 0 Å². The van der Waals surface area contributed by atoms with Crippen LogP contribution in [0.4, 0.5) is 0 Å². The monoisotopic (exact) mass is 327 g/mol. The van der Waals surface area contributed by atoms with Gasteiger partial charge in [-0.2, -0.15) is 0 Å². The van der Waals surface area contributed by atoms with Gasteiger partial charge in [0.05, 0.1) is 17.6 Å². The fraction of sp³-hybridized carbons (Fsp3) is 0.471. The molecule has 3 aromatic rings. The molecule has 24 heavy (non-hydrogen) atoms. The molecule has 0 unspecified atom stereocenters. The fourth-order valence-electron chi connectivity index (χ4n) is 3.46. The minimum Gasteiger partial charge on any atom is -0.424 e. The molecule has 3 heterocycles. The number of H-pyrrole nitrogens is 1. The molecule has 1 aliphatic rings. The van der Waals surface area contributed by atoms with E-state index in [0.717, 1.165) is 43.4 Å². The molecule has 7 heteroatoms. The number of para-hydroxylation sites is 2. The van der Waals surface area contributed by atoms with Crippen molar-refractivity contribution in [3.05, 3.63) is 46.5 Å². The number of benzene rings is 1. The highest BCUT2D eigenvalue weighted by Gasteiger charge is 2.24. The van der Waals surface area contributed by atoms with Crippen molar-refractivity contribution in [2.75, 3.05) is 13.1 Å². The van der Waals surface area contributed by atoms with E-state index in [1.54, 1.807) is 0 Å². The van der Waals surface area contributed by atoms with Gasteiger partial charge in [-0.3, -0.25) is 9.47 Å². The van der Waals surface area contributed by atoms with Gasteiger partial charge in [-0.25, -0.2) is 4.79 Å². The highest BCUT2D eigenvalue weighted by Crippen LogP contribution is 2.25. The van der Waals surface area contributed by atoms with Gasteiger partial charge in [-0.05, 0) is 25.0 Å². The number of nitrogens with zero attached hydrogens (tertiary/aromatic N) is 4. The van der Waals surface area contributed by atoms with Crippen LogP contribution in [0.5, 0.6) is 0 Å².